The van der Waals surface area contributed by atoms with Crippen LogP contribution in [0.4, 0.5) is 0 Å². The second-order valence-electron chi connectivity index (χ2n) is 4.89. The Morgan fingerprint density at radius 1 is 1.33 bits per heavy atom. The average molecular weight is 290 g/mol. The van der Waals surface area contributed by atoms with Crippen molar-refractivity contribution in [3.63, 3.8) is 0 Å². The summed E-state index contributed by atoms with van der Waals surface area (Å²) in [5.41, 5.74) is 1.83. The molecule has 5 nitrogen and oxygen atoms in total. The van der Waals surface area contributed by atoms with E-state index in [4.69, 9.17) is 5.11 Å². The highest BCUT2D eigenvalue weighted by molar-refractivity contribution is 5.85. The largest absolute Gasteiger partial charge is 0.478 e. The first-order valence-electron chi connectivity index (χ1n) is 6.97. The van der Waals surface area contributed by atoms with E-state index in [0.29, 0.717) is 19.6 Å². The van der Waals surface area contributed by atoms with Crippen LogP contribution in [-0.2, 0) is 16.1 Å². The van der Waals surface area contributed by atoms with Gasteiger partial charge in [-0.3, -0.25) is 9.69 Å². The first-order valence-corrected chi connectivity index (χ1v) is 6.97. The van der Waals surface area contributed by atoms with Crippen LogP contribution in [0, 0.1) is 0 Å². The number of aliphatic carboxylic acids is 1. The van der Waals surface area contributed by atoms with Crippen LogP contribution in [0.5, 0.6) is 0 Å². The average Bonchev–Trinajstić information content (AvgIpc) is 2.44. The highest BCUT2D eigenvalue weighted by Crippen LogP contribution is 2.12. The molecule has 1 rings (SSSR count). The Labute approximate surface area is 125 Å². The SMILES string of the molecule is CCCNC(=O)CN(C)Cc1ccccc1C=CC(=O)O. The molecular weight excluding hydrogens is 268 g/mol. The van der Waals surface area contributed by atoms with E-state index < -0.39 is 5.97 Å². The number of hydrogen-bond donors (Lipinski definition) is 2. The number of carbonyl (C=O) groups is 2. The Balaban J connectivity index is 2.65. The zero-order chi connectivity index (χ0) is 15.7. The van der Waals surface area contributed by atoms with Gasteiger partial charge in [0.2, 0.25) is 5.91 Å². The monoisotopic (exact) mass is 290 g/mol. The summed E-state index contributed by atoms with van der Waals surface area (Å²) < 4.78 is 0. The Bertz CT molecular complexity index is 512. The van der Waals surface area contributed by atoms with Crippen LogP contribution in [0.2, 0.25) is 0 Å². The lowest BCUT2D eigenvalue weighted by atomic mass is 10.1. The number of benzene rings is 1. The molecule has 0 aromatic heterocycles. The number of hydrogen-bond acceptors (Lipinski definition) is 3. The zero-order valence-corrected chi connectivity index (χ0v) is 12.5. The van der Waals surface area contributed by atoms with E-state index in [2.05, 4.69) is 5.32 Å². The maximum absolute atomic E-state index is 11.7. The van der Waals surface area contributed by atoms with Gasteiger partial charge in [0.15, 0.2) is 0 Å². The third kappa shape index (κ3) is 6.72. The number of amides is 1. The molecule has 0 saturated heterocycles. The smallest absolute Gasteiger partial charge is 0.328 e. The van der Waals surface area contributed by atoms with Crippen molar-refractivity contribution in [1.29, 1.82) is 0 Å². The van der Waals surface area contributed by atoms with Crippen LogP contribution < -0.4 is 5.32 Å². The minimum absolute atomic E-state index is 0.00194. The maximum atomic E-state index is 11.7. The molecular formula is C16H22N2O3. The molecule has 0 saturated carbocycles. The van der Waals surface area contributed by atoms with Gasteiger partial charge in [-0.05, 0) is 30.7 Å². The van der Waals surface area contributed by atoms with Crippen LogP contribution in [0.3, 0.4) is 0 Å². The van der Waals surface area contributed by atoms with E-state index in [9.17, 15) is 9.59 Å². The number of carboxylic acid groups (broad SMARTS) is 1. The summed E-state index contributed by atoms with van der Waals surface area (Å²) in [6.07, 6.45) is 3.60. The van der Waals surface area contributed by atoms with Crippen molar-refractivity contribution in [2.24, 2.45) is 0 Å². The Kier molecular flexibility index (Phi) is 7.18. The molecule has 2 N–H and O–H groups in total. The predicted octanol–water partition coefficient (Wildman–Crippen LogP) is 1.74. The predicted molar refractivity (Wildman–Crippen MR) is 82.7 cm³/mol. The number of rotatable bonds is 8. The summed E-state index contributed by atoms with van der Waals surface area (Å²) in [7, 11) is 1.86. The molecule has 0 bridgehead atoms. The number of carboxylic acids is 1. The number of nitrogens with zero attached hydrogens (tertiary/aromatic N) is 1. The number of nitrogens with one attached hydrogen (secondary N) is 1. The van der Waals surface area contributed by atoms with Crippen LogP contribution in [-0.4, -0.2) is 42.0 Å². The lowest BCUT2D eigenvalue weighted by Gasteiger charge is -2.17. The van der Waals surface area contributed by atoms with Gasteiger partial charge in [-0.2, -0.15) is 0 Å². The van der Waals surface area contributed by atoms with Crippen molar-refractivity contribution < 1.29 is 14.7 Å². The molecule has 0 unspecified atom stereocenters. The number of likely N-dealkylation sites (N-methyl/N-ethyl adjacent to an activating group) is 1. The Hall–Kier alpha value is -2.14. The quantitative estimate of drug-likeness (QED) is 0.716. The van der Waals surface area contributed by atoms with Gasteiger partial charge in [0.1, 0.15) is 0 Å². The van der Waals surface area contributed by atoms with E-state index >= 15 is 0 Å². The van der Waals surface area contributed by atoms with E-state index in [1.807, 2.05) is 43.1 Å². The van der Waals surface area contributed by atoms with E-state index in [1.165, 1.54) is 0 Å². The van der Waals surface area contributed by atoms with Crippen LogP contribution in [0.15, 0.2) is 30.3 Å². The van der Waals surface area contributed by atoms with Crippen molar-refractivity contribution >= 4 is 18.0 Å². The molecule has 1 aromatic rings. The molecule has 0 spiro atoms. The van der Waals surface area contributed by atoms with Crippen molar-refractivity contribution in [3.05, 3.63) is 41.5 Å². The Morgan fingerprint density at radius 3 is 2.71 bits per heavy atom. The summed E-state index contributed by atoms with van der Waals surface area (Å²) in [4.78, 5) is 24.2. The molecule has 0 heterocycles. The minimum atomic E-state index is -0.975. The molecule has 114 valence electrons. The molecule has 0 fully saturated rings. The summed E-state index contributed by atoms with van der Waals surface area (Å²) >= 11 is 0. The zero-order valence-electron chi connectivity index (χ0n) is 12.5. The molecule has 21 heavy (non-hydrogen) atoms. The molecule has 0 aliphatic carbocycles. The maximum Gasteiger partial charge on any atom is 0.328 e. The second-order valence-corrected chi connectivity index (χ2v) is 4.89. The molecule has 1 amide bonds. The molecule has 0 radical (unpaired) electrons. The summed E-state index contributed by atoms with van der Waals surface area (Å²) in [6, 6.07) is 7.55. The van der Waals surface area contributed by atoms with E-state index in [1.54, 1.807) is 6.08 Å². The lowest BCUT2D eigenvalue weighted by Crippen LogP contribution is -2.35. The lowest BCUT2D eigenvalue weighted by molar-refractivity contribution is -0.131. The van der Waals surface area contributed by atoms with Crippen LogP contribution >= 0.6 is 0 Å². The third-order valence-electron chi connectivity index (χ3n) is 2.89. The van der Waals surface area contributed by atoms with Gasteiger partial charge in [-0.25, -0.2) is 4.79 Å². The third-order valence-corrected chi connectivity index (χ3v) is 2.89. The van der Waals surface area contributed by atoms with Gasteiger partial charge < -0.3 is 10.4 Å². The molecule has 5 heteroatoms. The van der Waals surface area contributed by atoms with Crippen molar-refractivity contribution in [1.82, 2.24) is 10.2 Å². The topological polar surface area (TPSA) is 69.6 Å². The first-order chi connectivity index (χ1) is 10.0. The summed E-state index contributed by atoms with van der Waals surface area (Å²) in [5.74, 6) is -0.977. The van der Waals surface area contributed by atoms with Gasteiger partial charge in [0, 0.05) is 19.2 Å². The fraction of sp³-hybridized carbons (Fsp3) is 0.375. The first kappa shape index (κ1) is 16.9. The summed E-state index contributed by atoms with van der Waals surface area (Å²) in [5, 5.41) is 11.5. The summed E-state index contributed by atoms with van der Waals surface area (Å²) in [6.45, 7) is 3.59. The van der Waals surface area contributed by atoms with Crippen LogP contribution in [0.25, 0.3) is 6.08 Å². The molecule has 0 aliphatic rings. The molecule has 0 atom stereocenters. The van der Waals surface area contributed by atoms with Crippen molar-refractivity contribution in [2.45, 2.75) is 19.9 Å². The standard InChI is InChI=1S/C16H22N2O3/c1-3-10-17-15(19)12-18(2)11-14-7-5-4-6-13(14)8-9-16(20)21/h4-9H,3,10-12H2,1-2H3,(H,17,19)(H,20,21). The highest BCUT2D eigenvalue weighted by atomic mass is 16.4. The van der Waals surface area contributed by atoms with Gasteiger partial charge >= 0.3 is 5.97 Å². The fourth-order valence-electron chi connectivity index (χ4n) is 1.91. The van der Waals surface area contributed by atoms with Crippen molar-refractivity contribution in [2.75, 3.05) is 20.1 Å². The second kappa shape index (κ2) is 8.92. The normalized spacial score (nSPS) is 11.0. The van der Waals surface area contributed by atoms with Gasteiger partial charge in [-0.15, -0.1) is 0 Å². The fourth-order valence-corrected chi connectivity index (χ4v) is 1.91. The molecule has 1 aromatic carbocycles. The van der Waals surface area contributed by atoms with Crippen molar-refractivity contribution in [3.8, 4) is 0 Å². The highest BCUT2D eigenvalue weighted by Gasteiger charge is 2.08. The van der Waals surface area contributed by atoms with Gasteiger partial charge in [0.25, 0.3) is 0 Å². The number of carbonyl (C=O) groups excluding carboxylic acids is 1. The van der Waals surface area contributed by atoms with E-state index in [-0.39, 0.29) is 5.91 Å². The minimum Gasteiger partial charge on any atom is -0.478 e. The molecule has 0 aliphatic heterocycles. The Morgan fingerprint density at radius 2 is 2.05 bits per heavy atom. The van der Waals surface area contributed by atoms with Gasteiger partial charge in [-0.1, -0.05) is 31.2 Å². The van der Waals surface area contributed by atoms with Gasteiger partial charge in [0.05, 0.1) is 6.54 Å². The van der Waals surface area contributed by atoms with Crippen LogP contribution in [0.1, 0.15) is 24.5 Å². The van der Waals surface area contributed by atoms with E-state index in [0.717, 1.165) is 23.6 Å².